The minimum absolute atomic E-state index is 0. The van der Waals surface area contributed by atoms with Crippen LogP contribution in [0.3, 0.4) is 0 Å². The number of hydrogen-bond donors (Lipinski definition) is 1. The van der Waals surface area contributed by atoms with Gasteiger partial charge in [-0.3, -0.25) is 4.79 Å². The topological polar surface area (TPSA) is 41.6 Å². The molecule has 22 heavy (non-hydrogen) atoms. The van der Waals surface area contributed by atoms with Crippen LogP contribution in [0.2, 0.25) is 0 Å². The Hall–Kier alpha value is -1.10. The number of carbonyl (C=O) groups excluding carboxylic acids is 1. The molecule has 1 amide bonds. The van der Waals surface area contributed by atoms with Crippen LogP contribution in [0.15, 0.2) is 24.3 Å². The van der Waals surface area contributed by atoms with Crippen LogP contribution in [0.25, 0.3) is 0 Å². The molecule has 1 fully saturated rings. The summed E-state index contributed by atoms with van der Waals surface area (Å²) in [6.07, 6.45) is 3.21. The highest BCUT2D eigenvalue weighted by Gasteiger charge is 2.29. The predicted octanol–water partition coefficient (Wildman–Crippen LogP) is 2.15. The monoisotopic (exact) mass is 324 g/mol. The molecule has 1 aromatic carbocycles. The molecular formula is C17H25ClN2O2. The molecule has 2 unspecified atom stereocenters. The van der Waals surface area contributed by atoms with Gasteiger partial charge in [-0.15, -0.1) is 12.4 Å². The third kappa shape index (κ3) is 3.80. The predicted molar refractivity (Wildman–Crippen MR) is 89.2 cm³/mol. The van der Waals surface area contributed by atoms with Gasteiger partial charge in [0.2, 0.25) is 5.91 Å². The normalized spacial score (nSPS) is 23.5. The number of fused-ring (bicyclic) bond motifs is 1. The van der Waals surface area contributed by atoms with E-state index in [4.69, 9.17) is 4.74 Å². The summed E-state index contributed by atoms with van der Waals surface area (Å²) < 4.78 is 5.66. The van der Waals surface area contributed by atoms with Crippen LogP contribution in [0.5, 0.6) is 0 Å². The van der Waals surface area contributed by atoms with Crippen LogP contribution in [-0.2, 0) is 22.5 Å². The highest BCUT2D eigenvalue weighted by atomic mass is 35.5. The van der Waals surface area contributed by atoms with Gasteiger partial charge in [0.15, 0.2) is 0 Å². The molecule has 0 spiro atoms. The number of rotatable bonds is 4. The van der Waals surface area contributed by atoms with Crippen molar-refractivity contribution in [3.8, 4) is 0 Å². The van der Waals surface area contributed by atoms with Gasteiger partial charge in [-0.1, -0.05) is 24.3 Å². The number of hydrogen-bond acceptors (Lipinski definition) is 3. The lowest BCUT2D eigenvalue weighted by molar-refractivity contribution is -0.135. The average Bonchev–Trinajstić information content (AvgIpc) is 3.04. The molecule has 1 aromatic rings. The van der Waals surface area contributed by atoms with Crippen molar-refractivity contribution in [2.24, 2.45) is 0 Å². The lowest BCUT2D eigenvalue weighted by Gasteiger charge is -2.31. The van der Waals surface area contributed by atoms with E-state index in [0.29, 0.717) is 0 Å². The molecule has 1 N–H and O–H groups in total. The van der Waals surface area contributed by atoms with Crippen molar-refractivity contribution in [2.45, 2.75) is 44.9 Å². The summed E-state index contributed by atoms with van der Waals surface area (Å²) in [5, 5.41) is 3.38. The third-order valence-electron chi connectivity index (χ3n) is 4.52. The smallest absolute Gasteiger partial charge is 0.240 e. The van der Waals surface area contributed by atoms with Crippen LogP contribution in [0.1, 0.15) is 30.9 Å². The van der Waals surface area contributed by atoms with E-state index < -0.39 is 0 Å². The highest BCUT2D eigenvalue weighted by molar-refractivity contribution is 5.85. The summed E-state index contributed by atoms with van der Waals surface area (Å²) in [5.41, 5.74) is 2.60. The fourth-order valence-corrected chi connectivity index (χ4v) is 3.26. The summed E-state index contributed by atoms with van der Waals surface area (Å²) in [5.74, 6) is 0.211. The summed E-state index contributed by atoms with van der Waals surface area (Å²) in [6, 6.07) is 8.27. The lowest BCUT2D eigenvalue weighted by Crippen LogP contribution is -2.51. The number of nitrogens with zero attached hydrogens (tertiary/aromatic N) is 1. The van der Waals surface area contributed by atoms with Crippen LogP contribution in [0.4, 0.5) is 0 Å². The van der Waals surface area contributed by atoms with Crippen molar-refractivity contribution in [2.75, 3.05) is 19.7 Å². The zero-order valence-electron chi connectivity index (χ0n) is 13.1. The Bertz CT molecular complexity index is 503. The van der Waals surface area contributed by atoms with Crippen molar-refractivity contribution in [3.05, 3.63) is 35.4 Å². The molecule has 0 aliphatic carbocycles. The van der Waals surface area contributed by atoms with E-state index >= 15 is 0 Å². The van der Waals surface area contributed by atoms with Crippen LogP contribution in [0, 0.1) is 0 Å². The van der Waals surface area contributed by atoms with Gasteiger partial charge < -0.3 is 15.0 Å². The number of benzene rings is 1. The fraction of sp³-hybridized carbons (Fsp3) is 0.588. The lowest BCUT2D eigenvalue weighted by atomic mass is 9.95. The van der Waals surface area contributed by atoms with Gasteiger partial charge in [0.1, 0.15) is 0 Å². The first kappa shape index (κ1) is 17.3. The molecule has 3 rings (SSSR count). The molecule has 0 aromatic heterocycles. The first-order chi connectivity index (χ1) is 10.3. The number of amides is 1. The number of ether oxygens (including phenoxy) is 1. The Balaban J connectivity index is 0.00000176. The molecule has 4 nitrogen and oxygen atoms in total. The first-order valence-electron chi connectivity index (χ1n) is 7.98. The van der Waals surface area contributed by atoms with Gasteiger partial charge in [-0.25, -0.2) is 0 Å². The maximum atomic E-state index is 12.7. The molecule has 0 saturated carbocycles. The Morgan fingerprint density at radius 2 is 2.14 bits per heavy atom. The number of halogens is 1. The van der Waals surface area contributed by atoms with Crippen LogP contribution in [-0.4, -0.2) is 42.6 Å². The molecule has 2 heterocycles. The zero-order valence-corrected chi connectivity index (χ0v) is 13.9. The van der Waals surface area contributed by atoms with E-state index in [1.54, 1.807) is 0 Å². The van der Waals surface area contributed by atoms with Gasteiger partial charge in [-0.05, 0) is 37.3 Å². The molecule has 2 aliphatic heterocycles. The zero-order chi connectivity index (χ0) is 14.7. The molecule has 1 saturated heterocycles. The van der Waals surface area contributed by atoms with E-state index in [-0.39, 0.29) is 30.5 Å². The van der Waals surface area contributed by atoms with Crippen molar-refractivity contribution < 1.29 is 9.53 Å². The SMILES string of the molecule is CCN(CC1CCCO1)C(=O)C1Cc2ccccc2CN1.Cl. The van der Waals surface area contributed by atoms with Crippen LogP contribution >= 0.6 is 12.4 Å². The second-order valence-corrected chi connectivity index (χ2v) is 5.92. The number of carbonyl (C=O) groups is 1. The first-order valence-corrected chi connectivity index (χ1v) is 7.98. The second kappa shape index (κ2) is 7.95. The van der Waals surface area contributed by atoms with Crippen molar-refractivity contribution in [1.29, 1.82) is 0 Å². The fourth-order valence-electron chi connectivity index (χ4n) is 3.26. The minimum atomic E-state index is -0.0961. The minimum Gasteiger partial charge on any atom is -0.376 e. The molecule has 2 atom stereocenters. The Labute approximate surface area is 138 Å². The quantitative estimate of drug-likeness (QED) is 0.922. The van der Waals surface area contributed by atoms with E-state index in [9.17, 15) is 4.79 Å². The van der Waals surface area contributed by atoms with Gasteiger partial charge in [0.25, 0.3) is 0 Å². The largest absolute Gasteiger partial charge is 0.376 e. The van der Waals surface area contributed by atoms with Gasteiger partial charge in [0, 0.05) is 26.2 Å². The molecule has 0 radical (unpaired) electrons. The maximum absolute atomic E-state index is 12.7. The van der Waals surface area contributed by atoms with Gasteiger partial charge >= 0.3 is 0 Å². The molecular weight excluding hydrogens is 300 g/mol. The average molecular weight is 325 g/mol. The summed E-state index contributed by atoms with van der Waals surface area (Å²) >= 11 is 0. The second-order valence-electron chi connectivity index (χ2n) is 5.92. The Kier molecular flexibility index (Phi) is 6.24. The van der Waals surface area contributed by atoms with Gasteiger partial charge in [-0.2, -0.15) is 0 Å². The highest BCUT2D eigenvalue weighted by Crippen LogP contribution is 2.19. The number of nitrogens with one attached hydrogen (secondary N) is 1. The van der Waals surface area contributed by atoms with Crippen molar-refractivity contribution >= 4 is 18.3 Å². The van der Waals surface area contributed by atoms with E-state index in [1.807, 2.05) is 11.8 Å². The van der Waals surface area contributed by atoms with E-state index in [2.05, 4.69) is 29.6 Å². The standard InChI is InChI=1S/C17H24N2O2.ClH/c1-2-19(12-15-8-5-9-21-15)17(20)16-10-13-6-3-4-7-14(13)11-18-16;/h3-4,6-7,15-16,18H,2,5,8-12H2,1H3;1H. The number of likely N-dealkylation sites (N-methyl/N-ethyl adjacent to an activating group) is 1. The maximum Gasteiger partial charge on any atom is 0.240 e. The van der Waals surface area contributed by atoms with E-state index in [1.165, 1.54) is 11.1 Å². The Morgan fingerprint density at radius 3 is 2.82 bits per heavy atom. The van der Waals surface area contributed by atoms with Crippen molar-refractivity contribution in [1.82, 2.24) is 10.2 Å². The molecule has 5 heteroatoms. The van der Waals surface area contributed by atoms with E-state index in [0.717, 1.165) is 45.5 Å². The molecule has 122 valence electrons. The van der Waals surface area contributed by atoms with Crippen molar-refractivity contribution in [3.63, 3.8) is 0 Å². The Morgan fingerprint density at radius 1 is 1.36 bits per heavy atom. The molecule has 2 aliphatic rings. The summed E-state index contributed by atoms with van der Waals surface area (Å²) in [4.78, 5) is 14.7. The molecule has 0 bridgehead atoms. The van der Waals surface area contributed by atoms with Crippen LogP contribution < -0.4 is 5.32 Å². The summed E-state index contributed by atoms with van der Waals surface area (Å²) in [7, 11) is 0. The third-order valence-corrected chi connectivity index (χ3v) is 4.52. The summed E-state index contributed by atoms with van der Waals surface area (Å²) in [6.45, 7) is 5.15. The van der Waals surface area contributed by atoms with Gasteiger partial charge in [0.05, 0.1) is 12.1 Å².